The molecule has 4 aromatic rings. The summed E-state index contributed by atoms with van der Waals surface area (Å²) in [5.41, 5.74) is 2.85. The third-order valence-electron chi connectivity index (χ3n) is 4.38. The number of carbonyl (C=O) groups excluding carboxylic acids is 1. The van der Waals surface area contributed by atoms with Crippen molar-refractivity contribution in [1.29, 1.82) is 0 Å². The highest BCUT2D eigenvalue weighted by molar-refractivity contribution is 5.78. The first-order chi connectivity index (χ1) is 13.8. The third kappa shape index (κ3) is 4.15. The van der Waals surface area contributed by atoms with Crippen LogP contribution in [-0.4, -0.2) is 16.0 Å². The number of amides is 1. The van der Waals surface area contributed by atoms with Gasteiger partial charge in [-0.25, -0.2) is 0 Å². The molecule has 1 heterocycles. The average Bonchev–Trinajstić information content (AvgIpc) is 3.22. The van der Waals surface area contributed by atoms with E-state index in [1.54, 1.807) is 0 Å². The number of nitrogens with zero attached hydrogens (tertiary/aromatic N) is 2. The van der Waals surface area contributed by atoms with Gasteiger partial charge in [-0.05, 0) is 23.3 Å². The van der Waals surface area contributed by atoms with E-state index < -0.39 is 0 Å². The molecule has 0 aliphatic rings. The molecule has 0 saturated carbocycles. The highest BCUT2D eigenvalue weighted by Gasteiger charge is 2.18. The van der Waals surface area contributed by atoms with Crippen molar-refractivity contribution in [2.24, 2.45) is 0 Å². The molecular weight excluding hydrogens is 350 g/mol. The van der Waals surface area contributed by atoms with Crippen LogP contribution in [0.15, 0.2) is 95.5 Å². The number of nitrogens with one attached hydrogen (secondary N) is 1. The van der Waals surface area contributed by atoms with Crippen molar-refractivity contribution >= 4 is 5.91 Å². The first-order valence-corrected chi connectivity index (χ1v) is 9.07. The molecule has 1 N–H and O–H groups in total. The van der Waals surface area contributed by atoms with Gasteiger partial charge in [-0.2, -0.15) is 4.98 Å². The minimum atomic E-state index is -0.240. The summed E-state index contributed by atoms with van der Waals surface area (Å²) in [6.45, 7) is 0. The average molecular weight is 369 g/mol. The van der Waals surface area contributed by atoms with Gasteiger partial charge in [0, 0.05) is 5.56 Å². The fraction of sp³-hybridized carbons (Fsp3) is 0.0870. The number of benzene rings is 3. The maximum atomic E-state index is 12.7. The van der Waals surface area contributed by atoms with Crippen molar-refractivity contribution in [1.82, 2.24) is 15.5 Å². The van der Waals surface area contributed by atoms with Crippen molar-refractivity contribution < 1.29 is 9.32 Å². The zero-order valence-electron chi connectivity index (χ0n) is 15.2. The monoisotopic (exact) mass is 369 g/mol. The van der Waals surface area contributed by atoms with Crippen LogP contribution >= 0.6 is 0 Å². The topological polar surface area (TPSA) is 68.0 Å². The molecule has 3 aromatic carbocycles. The van der Waals surface area contributed by atoms with Gasteiger partial charge >= 0.3 is 0 Å². The quantitative estimate of drug-likeness (QED) is 0.553. The lowest BCUT2D eigenvalue weighted by atomic mass is 9.98. The third-order valence-corrected chi connectivity index (χ3v) is 4.38. The molecular formula is C23H19N3O2. The first-order valence-electron chi connectivity index (χ1n) is 9.07. The van der Waals surface area contributed by atoms with Crippen LogP contribution in [0.3, 0.4) is 0 Å². The summed E-state index contributed by atoms with van der Waals surface area (Å²) in [5.74, 6) is 0.598. The zero-order valence-corrected chi connectivity index (χ0v) is 15.2. The van der Waals surface area contributed by atoms with Gasteiger partial charge in [0.2, 0.25) is 5.91 Å². The first kappa shape index (κ1) is 17.7. The van der Waals surface area contributed by atoms with Crippen LogP contribution in [0.1, 0.15) is 23.0 Å². The van der Waals surface area contributed by atoms with Crippen LogP contribution in [0, 0.1) is 0 Å². The Kier molecular flexibility index (Phi) is 5.24. The lowest BCUT2D eigenvalue weighted by Crippen LogP contribution is -2.30. The molecule has 0 radical (unpaired) electrons. The molecule has 0 bridgehead atoms. The van der Waals surface area contributed by atoms with E-state index in [0.29, 0.717) is 11.7 Å². The summed E-state index contributed by atoms with van der Waals surface area (Å²) in [5, 5.41) is 7.02. The largest absolute Gasteiger partial charge is 0.345 e. The summed E-state index contributed by atoms with van der Waals surface area (Å²) in [6.07, 6.45) is 0.0481. The molecule has 4 rings (SSSR count). The van der Waals surface area contributed by atoms with Gasteiger partial charge in [0.25, 0.3) is 5.89 Å². The molecule has 0 aliphatic carbocycles. The lowest BCUT2D eigenvalue weighted by molar-refractivity contribution is -0.121. The van der Waals surface area contributed by atoms with Crippen LogP contribution < -0.4 is 5.32 Å². The summed E-state index contributed by atoms with van der Waals surface area (Å²) in [4.78, 5) is 17.0. The van der Waals surface area contributed by atoms with Gasteiger partial charge in [0.05, 0.1) is 12.5 Å². The molecule has 0 saturated heterocycles. The summed E-state index contributed by atoms with van der Waals surface area (Å²) in [6, 6.07) is 29.0. The maximum Gasteiger partial charge on any atom is 0.257 e. The Morgan fingerprint density at radius 1 is 0.821 bits per heavy atom. The Labute approximate surface area is 163 Å². The molecule has 1 aromatic heterocycles. The van der Waals surface area contributed by atoms with Gasteiger partial charge in [-0.15, -0.1) is 0 Å². The minimum Gasteiger partial charge on any atom is -0.345 e. The Morgan fingerprint density at radius 3 is 1.93 bits per heavy atom. The molecule has 0 fully saturated rings. The van der Waals surface area contributed by atoms with Crippen molar-refractivity contribution in [2.75, 3.05) is 0 Å². The SMILES string of the molecule is O=C(Cc1noc(-c2ccccc2)n1)NC(c1ccccc1)c1ccccc1. The lowest BCUT2D eigenvalue weighted by Gasteiger charge is -2.19. The zero-order chi connectivity index (χ0) is 19.2. The standard InChI is InChI=1S/C23H19N3O2/c27-21(16-20-24-23(28-26-20)19-14-8-3-9-15-19)25-22(17-10-4-1-5-11-17)18-12-6-2-7-13-18/h1-15,22H,16H2,(H,25,27). The van der Waals surface area contributed by atoms with Crippen LogP contribution in [0.4, 0.5) is 0 Å². The van der Waals surface area contributed by atoms with E-state index in [2.05, 4.69) is 15.5 Å². The predicted molar refractivity (Wildman–Crippen MR) is 106 cm³/mol. The van der Waals surface area contributed by atoms with E-state index in [0.717, 1.165) is 16.7 Å². The van der Waals surface area contributed by atoms with Gasteiger partial charge in [-0.3, -0.25) is 4.79 Å². The number of hydrogen-bond donors (Lipinski definition) is 1. The summed E-state index contributed by atoms with van der Waals surface area (Å²) >= 11 is 0. The number of rotatable bonds is 6. The minimum absolute atomic E-state index is 0.0481. The van der Waals surface area contributed by atoms with E-state index in [4.69, 9.17) is 4.52 Å². The van der Waals surface area contributed by atoms with Gasteiger partial charge in [-0.1, -0.05) is 84.0 Å². The number of aromatic nitrogens is 2. The second kappa shape index (κ2) is 8.31. The molecule has 1 amide bonds. The highest BCUT2D eigenvalue weighted by Crippen LogP contribution is 2.22. The molecule has 5 nitrogen and oxygen atoms in total. The summed E-state index contributed by atoms with van der Waals surface area (Å²) < 4.78 is 5.28. The van der Waals surface area contributed by atoms with E-state index in [-0.39, 0.29) is 18.4 Å². The Morgan fingerprint density at radius 2 is 1.36 bits per heavy atom. The van der Waals surface area contributed by atoms with Crippen molar-refractivity contribution in [3.05, 3.63) is 108 Å². The van der Waals surface area contributed by atoms with Crippen molar-refractivity contribution in [3.63, 3.8) is 0 Å². The van der Waals surface area contributed by atoms with Crippen LogP contribution in [0.2, 0.25) is 0 Å². The Bertz CT molecular complexity index is 992. The van der Waals surface area contributed by atoms with E-state index in [9.17, 15) is 4.79 Å². The molecule has 138 valence electrons. The Hall–Kier alpha value is -3.73. The fourth-order valence-electron chi connectivity index (χ4n) is 3.03. The van der Waals surface area contributed by atoms with E-state index >= 15 is 0 Å². The van der Waals surface area contributed by atoms with Crippen LogP contribution in [0.5, 0.6) is 0 Å². The van der Waals surface area contributed by atoms with Crippen molar-refractivity contribution in [2.45, 2.75) is 12.5 Å². The predicted octanol–water partition coefficient (Wildman–Crippen LogP) is 4.18. The summed E-state index contributed by atoms with van der Waals surface area (Å²) in [7, 11) is 0. The fourth-order valence-corrected chi connectivity index (χ4v) is 3.03. The number of carbonyl (C=O) groups is 1. The molecule has 0 spiro atoms. The van der Waals surface area contributed by atoms with E-state index in [1.165, 1.54) is 0 Å². The maximum absolute atomic E-state index is 12.7. The highest BCUT2D eigenvalue weighted by atomic mass is 16.5. The molecule has 0 atom stereocenters. The molecule has 28 heavy (non-hydrogen) atoms. The van der Waals surface area contributed by atoms with Gasteiger partial charge < -0.3 is 9.84 Å². The second-order valence-electron chi connectivity index (χ2n) is 6.38. The molecule has 0 unspecified atom stereocenters. The molecule has 5 heteroatoms. The van der Waals surface area contributed by atoms with Gasteiger partial charge in [0.15, 0.2) is 5.82 Å². The molecule has 0 aliphatic heterocycles. The Balaban J connectivity index is 1.50. The van der Waals surface area contributed by atoms with Crippen LogP contribution in [-0.2, 0) is 11.2 Å². The second-order valence-corrected chi connectivity index (χ2v) is 6.38. The smallest absolute Gasteiger partial charge is 0.257 e. The van der Waals surface area contributed by atoms with Crippen molar-refractivity contribution in [3.8, 4) is 11.5 Å². The number of hydrogen-bond acceptors (Lipinski definition) is 4. The van der Waals surface area contributed by atoms with E-state index in [1.807, 2.05) is 91.0 Å². The van der Waals surface area contributed by atoms with Crippen LogP contribution in [0.25, 0.3) is 11.5 Å². The van der Waals surface area contributed by atoms with Gasteiger partial charge in [0.1, 0.15) is 0 Å². The normalized spacial score (nSPS) is 10.8.